The topological polar surface area (TPSA) is 121 Å². The summed E-state index contributed by atoms with van der Waals surface area (Å²) < 4.78 is 36.1. The van der Waals surface area contributed by atoms with E-state index >= 15 is 0 Å². The highest BCUT2D eigenvalue weighted by atomic mass is 35.5. The minimum Gasteiger partial charge on any atom is -0.407 e. The molecule has 0 unspecified atom stereocenters. The van der Waals surface area contributed by atoms with Gasteiger partial charge in [0, 0.05) is 41.5 Å². The average molecular weight is 617 g/mol. The van der Waals surface area contributed by atoms with Gasteiger partial charge in [0.25, 0.3) is 17.7 Å². The number of fused-ring (bicyclic) bond motifs is 1. The number of benzene rings is 1. The van der Waals surface area contributed by atoms with Crippen molar-refractivity contribution in [1.29, 1.82) is 0 Å². The first-order valence-electron chi connectivity index (χ1n) is 10.7. The zero-order valence-electron chi connectivity index (χ0n) is 21.6. The third-order valence-electron chi connectivity index (χ3n) is 4.91. The van der Waals surface area contributed by atoms with Crippen LogP contribution in [0.2, 0.25) is 0 Å². The van der Waals surface area contributed by atoms with E-state index in [1.807, 2.05) is 13.8 Å². The van der Waals surface area contributed by atoms with Gasteiger partial charge >= 0.3 is 7.82 Å². The van der Waals surface area contributed by atoms with E-state index in [-0.39, 0.29) is 28.5 Å². The fourth-order valence-electron chi connectivity index (χ4n) is 2.82. The van der Waals surface area contributed by atoms with Crippen LogP contribution in [0.1, 0.15) is 41.5 Å². The Morgan fingerprint density at radius 2 is 1.46 bits per heavy atom. The third-order valence-corrected chi connectivity index (χ3v) is 12.4. The number of carbonyl (C=O) groups excluding carboxylic acids is 3. The van der Waals surface area contributed by atoms with Crippen molar-refractivity contribution in [1.82, 2.24) is 9.80 Å². The number of likely N-dealkylation sites (N-methyl/N-ethyl adjacent to an activating group) is 1. The largest absolute Gasteiger partial charge is 0.529 e. The Balaban J connectivity index is 0.000000371. The molecule has 0 bridgehead atoms. The Kier molecular flexibility index (Phi) is 14.0. The van der Waals surface area contributed by atoms with Crippen molar-refractivity contribution in [3.05, 3.63) is 46.2 Å². The van der Waals surface area contributed by atoms with E-state index in [1.165, 1.54) is 40.3 Å². The molecule has 0 saturated carbocycles. The second kappa shape index (κ2) is 15.4. The lowest BCUT2D eigenvalue weighted by Crippen LogP contribution is -2.31. The maximum absolute atomic E-state index is 12.1. The number of halogens is 1. The SMILES string of the molecule is CCN(CC)C(=O)/C(Cl)=C(\C)OP(=O)(OC)OC.COP(=S)(OC)SCN1C(=O)c2ccccc2C1=O. The molecule has 11 nitrogen and oxygen atoms in total. The molecular weight excluding hydrogens is 586 g/mol. The normalized spacial score (nSPS) is 14.0. The van der Waals surface area contributed by atoms with Crippen molar-refractivity contribution < 1.29 is 41.6 Å². The van der Waals surface area contributed by atoms with Gasteiger partial charge in [0.15, 0.2) is 0 Å². The number of phosphoric ester groups is 1. The van der Waals surface area contributed by atoms with Gasteiger partial charge in [-0.2, -0.15) is 0 Å². The number of imide groups is 1. The zero-order chi connectivity index (χ0) is 28.4. The summed E-state index contributed by atoms with van der Waals surface area (Å²) >= 11 is 12.2. The molecule has 2 rings (SSSR count). The highest BCUT2D eigenvalue weighted by Crippen LogP contribution is 2.60. The molecule has 0 N–H and O–H groups in total. The van der Waals surface area contributed by atoms with E-state index < -0.39 is 19.4 Å². The Morgan fingerprint density at radius 3 is 1.84 bits per heavy atom. The third kappa shape index (κ3) is 8.88. The van der Waals surface area contributed by atoms with Crippen molar-refractivity contribution in [2.75, 3.05) is 47.4 Å². The van der Waals surface area contributed by atoms with E-state index in [9.17, 15) is 18.9 Å². The molecule has 0 fully saturated rings. The van der Waals surface area contributed by atoms with Crippen molar-refractivity contribution in [3.63, 3.8) is 0 Å². The van der Waals surface area contributed by atoms with E-state index in [2.05, 4.69) is 9.05 Å². The lowest BCUT2D eigenvalue weighted by atomic mass is 10.1. The predicted octanol–water partition coefficient (Wildman–Crippen LogP) is 5.23. The van der Waals surface area contributed by atoms with Crippen LogP contribution in [0.5, 0.6) is 0 Å². The van der Waals surface area contributed by atoms with Crippen molar-refractivity contribution in [3.8, 4) is 0 Å². The summed E-state index contributed by atoms with van der Waals surface area (Å²) in [4.78, 5) is 38.7. The van der Waals surface area contributed by atoms with E-state index in [4.69, 9.17) is 37.0 Å². The molecule has 1 aliphatic heterocycles. The molecule has 208 valence electrons. The minimum atomic E-state index is -3.69. The first-order valence-corrected chi connectivity index (χ1v) is 16.8. The summed E-state index contributed by atoms with van der Waals surface area (Å²) in [6.45, 7) is 6.12. The number of carbonyl (C=O) groups is 3. The maximum Gasteiger partial charge on any atom is 0.529 e. The van der Waals surface area contributed by atoms with Gasteiger partial charge in [0.05, 0.1) is 17.0 Å². The molecule has 16 heteroatoms. The average Bonchev–Trinajstić information content (AvgIpc) is 3.16. The summed E-state index contributed by atoms with van der Waals surface area (Å²) in [5.41, 5.74) is -1.62. The quantitative estimate of drug-likeness (QED) is 0.133. The summed E-state index contributed by atoms with van der Waals surface area (Å²) in [5, 5.41) is -0.145. The highest BCUT2D eigenvalue weighted by molar-refractivity contribution is 8.67. The second-order valence-corrected chi connectivity index (χ2v) is 15.6. The Morgan fingerprint density at radius 1 is 1.00 bits per heavy atom. The maximum atomic E-state index is 12.1. The standard InChI is InChI=1S/C11H12NO4PS2.C10H19ClNO5P/c1-15-17(18,16-2)19-7-12-10(13)8-5-3-4-6-9(8)11(12)14;1-6-12(7-2)10(13)9(11)8(3)17-18(14,15-4)16-5/h3-6H,7H2,1-2H3;6-7H2,1-5H3/b;9-8-. The first-order chi connectivity index (χ1) is 17.4. The Bertz CT molecular complexity index is 1060. The van der Waals surface area contributed by atoms with Gasteiger partial charge in [-0.1, -0.05) is 23.7 Å². The summed E-state index contributed by atoms with van der Waals surface area (Å²) in [5.74, 6) is -0.868. The van der Waals surface area contributed by atoms with Crippen LogP contribution < -0.4 is 0 Å². The van der Waals surface area contributed by atoms with E-state index in [0.29, 0.717) is 24.2 Å². The van der Waals surface area contributed by atoms with Crippen LogP contribution in [0, 0.1) is 0 Å². The van der Waals surface area contributed by atoms with Crippen LogP contribution in [-0.2, 0) is 43.8 Å². The van der Waals surface area contributed by atoms with Crippen LogP contribution in [-0.4, -0.2) is 74.9 Å². The lowest BCUT2D eigenvalue weighted by molar-refractivity contribution is -0.126. The highest BCUT2D eigenvalue weighted by Gasteiger charge is 2.36. The Labute approximate surface area is 231 Å². The molecule has 1 aromatic rings. The molecular formula is C21H31ClN2O9P2S2. The lowest BCUT2D eigenvalue weighted by Gasteiger charge is -2.20. The Hall–Kier alpha value is -1.27. The van der Waals surface area contributed by atoms with Crippen LogP contribution in [0.25, 0.3) is 0 Å². The fourth-order valence-corrected chi connectivity index (χ4v) is 6.44. The van der Waals surface area contributed by atoms with Crippen LogP contribution in [0.4, 0.5) is 0 Å². The van der Waals surface area contributed by atoms with E-state index in [0.717, 1.165) is 16.3 Å². The first kappa shape index (κ1) is 33.8. The van der Waals surface area contributed by atoms with Crippen LogP contribution in [0.15, 0.2) is 35.1 Å². The molecule has 0 aliphatic carbocycles. The molecule has 3 amide bonds. The van der Waals surface area contributed by atoms with Gasteiger partial charge in [0.2, 0.25) is 5.69 Å². The van der Waals surface area contributed by atoms with Gasteiger partial charge in [-0.25, -0.2) is 4.57 Å². The fraction of sp³-hybridized carbons (Fsp3) is 0.476. The van der Waals surface area contributed by atoms with Crippen LogP contribution >= 0.6 is 36.5 Å². The smallest absolute Gasteiger partial charge is 0.407 e. The predicted molar refractivity (Wildman–Crippen MR) is 147 cm³/mol. The van der Waals surface area contributed by atoms with Crippen molar-refractivity contribution in [2.24, 2.45) is 0 Å². The number of rotatable bonds is 12. The summed E-state index contributed by atoms with van der Waals surface area (Å²) in [6, 6.07) is 6.75. The molecule has 0 aromatic heterocycles. The van der Waals surface area contributed by atoms with Gasteiger partial charge in [-0.15, -0.1) is 0 Å². The summed E-state index contributed by atoms with van der Waals surface area (Å²) in [6.07, 6.45) is 0. The number of amides is 3. The molecule has 0 spiro atoms. The van der Waals surface area contributed by atoms with Crippen molar-refractivity contribution >= 4 is 66.0 Å². The van der Waals surface area contributed by atoms with Gasteiger partial charge in [0.1, 0.15) is 10.8 Å². The molecule has 0 saturated heterocycles. The number of phosphoric acid groups is 1. The molecule has 0 atom stereocenters. The zero-order valence-corrected chi connectivity index (χ0v) is 25.8. The van der Waals surface area contributed by atoms with E-state index in [1.54, 1.807) is 24.3 Å². The van der Waals surface area contributed by atoms with Gasteiger partial charge in [-0.3, -0.25) is 28.3 Å². The molecule has 0 radical (unpaired) electrons. The number of hydrogen-bond donors (Lipinski definition) is 0. The summed E-state index contributed by atoms with van der Waals surface area (Å²) in [7, 11) is 1.58. The molecule has 1 aliphatic rings. The van der Waals surface area contributed by atoms with Crippen molar-refractivity contribution in [2.45, 2.75) is 20.8 Å². The number of nitrogens with zero attached hydrogens (tertiary/aromatic N) is 2. The van der Waals surface area contributed by atoms with Gasteiger partial charge < -0.3 is 18.5 Å². The second-order valence-electron chi connectivity index (χ2n) is 6.91. The van der Waals surface area contributed by atoms with Gasteiger partial charge in [-0.05, 0) is 56.1 Å². The molecule has 1 heterocycles. The minimum absolute atomic E-state index is 0.000556. The van der Waals surface area contributed by atoms with Crippen LogP contribution in [0.3, 0.4) is 0 Å². The monoisotopic (exact) mass is 616 g/mol. The number of allylic oxidation sites excluding steroid dienone is 1. The molecule has 37 heavy (non-hydrogen) atoms. The molecule has 1 aromatic carbocycles. The number of hydrogen-bond acceptors (Lipinski definition) is 11.